The molecule has 0 fully saturated rings. The average Bonchev–Trinajstić information content (AvgIpc) is 2.91. The van der Waals surface area contributed by atoms with Gasteiger partial charge in [0.05, 0.1) is 13.2 Å². The van der Waals surface area contributed by atoms with Crippen molar-refractivity contribution in [2.45, 2.75) is 26.3 Å². The molecule has 1 N–H and O–H groups in total. The number of rotatable bonds is 11. The molecule has 0 bridgehead atoms. The number of hydrogen-bond donors (Lipinski definition) is 1. The maximum absolute atomic E-state index is 13.9. The van der Waals surface area contributed by atoms with Crippen LogP contribution in [0.3, 0.4) is 0 Å². The van der Waals surface area contributed by atoms with Gasteiger partial charge in [-0.15, -0.1) is 0 Å². The molecule has 0 radical (unpaired) electrons. The van der Waals surface area contributed by atoms with Crippen molar-refractivity contribution in [2.75, 3.05) is 18.5 Å². The topological polar surface area (TPSA) is 83.1 Å². The summed E-state index contributed by atoms with van der Waals surface area (Å²) in [6.07, 6.45) is -0.792. The van der Waals surface area contributed by atoms with Gasteiger partial charge in [0.1, 0.15) is 12.4 Å². The Labute approximate surface area is 216 Å². The molecule has 4 aromatic carbocycles. The molecule has 0 aliphatic rings. The van der Waals surface area contributed by atoms with Gasteiger partial charge in [0, 0.05) is 11.3 Å². The zero-order valence-corrected chi connectivity index (χ0v) is 21.7. The second-order valence-corrected chi connectivity index (χ2v) is 10.2. The van der Waals surface area contributed by atoms with Crippen LogP contribution in [0.25, 0.3) is 10.8 Å². The summed E-state index contributed by atoms with van der Waals surface area (Å²) in [6.45, 7) is 3.88. The Morgan fingerprint density at radius 3 is 2.22 bits per heavy atom. The molecule has 8 heteroatoms. The van der Waals surface area contributed by atoms with Crippen LogP contribution >= 0.6 is 7.60 Å². The number of fused-ring (bicyclic) bond motifs is 1. The van der Waals surface area contributed by atoms with Crippen molar-refractivity contribution in [3.05, 3.63) is 108 Å². The molecule has 4 rings (SSSR count). The Hall–Kier alpha value is -3.64. The lowest BCUT2D eigenvalue weighted by Gasteiger charge is -2.27. The summed E-state index contributed by atoms with van der Waals surface area (Å²) in [5.74, 6) is -0.938. The summed E-state index contributed by atoms with van der Waals surface area (Å²) in [5, 5.41) is 4.84. The first-order chi connectivity index (χ1) is 18.0. The Balaban J connectivity index is 1.65. The fraction of sp³-hybridized carbons (Fsp3) is 0.207. The minimum Gasteiger partial charge on any atom is -0.488 e. The number of anilines is 1. The molecule has 192 valence electrons. The van der Waals surface area contributed by atoms with Crippen molar-refractivity contribution in [3.63, 3.8) is 0 Å². The zero-order chi connectivity index (χ0) is 26.1. The van der Waals surface area contributed by atoms with Gasteiger partial charge in [-0.3, -0.25) is 9.88 Å². The van der Waals surface area contributed by atoms with Crippen LogP contribution in [0.5, 0.6) is 5.75 Å². The fourth-order valence-electron chi connectivity index (χ4n) is 3.99. The molecule has 0 aliphatic heterocycles. The van der Waals surface area contributed by atoms with E-state index < -0.39 is 19.5 Å². The Morgan fingerprint density at radius 1 is 0.811 bits per heavy atom. The Bertz CT molecular complexity index is 1360. The molecule has 0 aromatic heterocycles. The lowest BCUT2D eigenvalue weighted by molar-refractivity contribution is 0.111. The predicted molar refractivity (Wildman–Crippen MR) is 145 cm³/mol. The molecule has 0 saturated carbocycles. The van der Waals surface area contributed by atoms with E-state index in [0.717, 1.165) is 16.3 Å². The minimum atomic E-state index is -3.93. The van der Waals surface area contributed by atoms with Crippen LogP contribution in [-0.2, 0) is 25.0 Å². The van der Waals surface area contributed by atoms with Crippen molar-refractivity contribution in [3.8, 4) is 5.75 Å². The maximum atomic E-state index is 13.9. The van der Waals surface area contributed by atoms with Crippen LogP contribution in [0.15, 0.2) is 97.1 Å². The first-order valence-corrected chi connectivity index (χ1v) is 13.7. The number of hydrogen-bond acceptors (Lipinski definition) is 6. The minimum absolute atomic E-state index is 0.108. The first kappa shape index (κ1) is 26.4. The third-order valence-electron chi connectivity index (χ3n) is 5.59. The van der Waals surface area contributed by atoms with E-state index in [4.69, 9.17) is 18.5 Å². The molecule has 1 atom stereocenters. The summed E-state index contributed by atoms with van der Waals surface area (Å²) in [5.41, 5.74) is 1.91. The van der Waals surface area contributed by atoms with E-state index in [9.17, 15) is 9.36 Å². The molecule has 37 heavy (non-hydrogen) atoms. The molecular weight excluding hydrogens is 489 g/mol. The maximum Gasteiger partial charge on any atom is 0.412 e. The van der Waals surface area contributed by atoms with Gasteiger partial charge in [-0.1, -0.05) is 78.9 Å². The van der Waals surface area contributed by atoms with Gasteiger partial charge in [0.25, 0.3) is 0 Å². The van der Waals surface area contributed by atoms with Gasteiger partial charge in [0.2, 0.25) is 5.85 Å². The third kappa shape index (κ3) is 6.57. The van der Waals surface area contributed by atoms with Gasteiger partial charge < -0.3 is 18.5 Å². The summed E-state index contributed by atoms with van der Waals surface area (Å²) >= 11 is 0. The van der Waals surface area contributed by atoms with E-state index in [1.54, 1.807) is 62.4 Å². The molecule has 0 saturated heterocycles. The number of carbonyl (C=O) groups is 1. The van der Waals surface area contributed by atoms with Crippen LogP contribution in [0.2, 0.25) is 0 Å². The van der Waals surface area contributed by atoms with E-state index in [0.29, 0.717) is 17.0 Å². The highest BCUT2D eigenvalue weighted by atomic mass is 31.2. The summed E-state index contributed by atoms with van der Waals surface area (Å²) in [7, 11) is -3.93. The number of ether oxygens (including phenoxy) is 2. The van der Waals surface area contributed by atoms with Crippen LogP contribution < -0.4 is 10.1 Å². The summed E-state index contributed by atoms with van der Waals surface area (Å²) in [6, 6.07) is 29.9. The Morgan fingerprint density at radius 2 is 1.46 bits per heavy atom. The smallest absolute Gasteiger partial charge is 0.412 e. The lowest BCUT2D eigenvalue weighted by atomic mass is 10.1. The lowest BCUT2D eigenvalue weighted by Crippen LogP contribution is -2.20. The number of para-hydroxylation sites is 2. The van der Waals surface area contributed by atoms with Gasteiger partial charge in [-0.25, -0.2) is 4.79 Å². The highest BCUT2D eigenvalue weighted by Crippen LogP contribution is 2.62. The molecule has 0 spiro atoms. The van der Waals surface area contributed by atoms with Crippen LogP contribution in [0.1, 0.15) is 30.8 Å². The summed E-state index contributed by atoms with van der Waals surface area (Å²) in [4.78, 5) is 12.9. The molecule has 0 heterocycles. The van der Waals surface area contributed by atoms with Crippen molar-refractivity contribution in [1.82, 2.24) is 0 Å². The van der Waals surface area contributed by atoms with E-state index in [2.05, 4.69) is 5.32 Å². The predicted octanol–water partition coefficient (Wildman–Crippen LogP) is 7.93. The molecule has 1 amide bonds. The highest BCUT2D eigenvalue weighted by molar-refractivity contribution is 7.54. The molecule has 1 unspecified atom stereocenters. The van der Waals surface area contributed by atoms with Crippen molar-refractivity contribution < 1.29 is 27.9 Å². The largest absolute Gasteiger partial charge is 0.488 e. The van der Waals surface area contributed by atoms with Crippen molar-refractivity contribution in [1.29, 1.82) is 0 Å². The number of benzene rings is 4. The first-order valence-electron chi connectivity index (χ1n) is 12.1. The second kappa shape index (κ2) is 12.5. The quantitative estimate of drug-likeness (QED) is 0.203. The standard InChI is InChI=1S/C29H30NO6P/c1-3-34-37(32,35-4-2)28(36-29(31)30-24-16-6-5-7-17-24)26-19-10-11-20-27(26)33-21-23-15-12-14-22-13-8-9-18-25(22)23/h5-20,28H,3-4,21H2,1-2H3,(H,30,31). The SMILES string of the molecule is CCOP(=O)(OCC)C(OC(=O)Nc1ccccc1)c1ccccc1OCc1cccc2ccccc12. The van der Waals surface area contributed by atoms with E-state index >= 15 is 0 Å². The highest BCUT2D eigenvalue weighted by Gasteiger charge is 2.42. The summed E-state index contributed by atoms with van der Waals surface area (Å²) < 4.78 is 37.0. The second-order valence-electron chi connectivity index (χ2n) is 8.09. The van der Waals surface area contributed by atoms with Crippen LogP contribution in [0.4, 0.5) is 10.5 Å². The van der Waals surface area contributed by atoms with E-state index in [-0.39, 0.29) is 19.8 Å². The van der Waals surface area contributed by atoms with Gasteiger partial charge >= 0.3 is 13.7 Å². The third-order valence-corrected chi connectivity index (χ3v) is 7.79. The van der Waals surface area contributed by atoms with Gasteiger partial charge in [0.15, 0.2) is 0 Å². The number of nitrogens with one attached hydrogen (secondary N) is 1. The normalized spacial score (nSPS) is 12.2. The van der Waals surface area contributed by atoms with Gasteiger partial charge in [-0.05, 0) is 48.4 Å². The molecular formula is C29H30NO6P. The monoisotopic (exact) mass is 519 g/mol. The fourth-order valence-corrected chi connectivity index (χ4v) is 5.83. The average molecular weight is 520 g/mol. The Kier molecular flexibility index (Phi) is 8.96. The van der Waals surface area contributed by atoms with Crippen LogP contribution in [0, 0.1) is 0 Å². The van der Waals surface area contributed by atoms with Crippen molar-refractivity contribution in [2.24, 2.45) is 0 Å². The van der Waals surface area contributed by atoms with Crippen molar-refractivity contribution >= 4 is 30.1 Å². The van der Waals surface area contributed by atoms with E-state index in [1.807, 2.05) is 48.5 Å². The molecule has 0 aliphatic carbocycles. The number of carbonyl (C=O) groups excluding carboxylic acids is 1. The molecule has 7 nitrogen and oxygen atoms in total. The molecule has 4 aromatic rings. The number of amides is 1. The zero-order valence-electron chi connectivity index (χ0n) is 20.8. The van der Waals surface area contributed by atoms with E-state index in [1.165, 1.54) is 0 Å². The van der Waals surface area contributed by atoms with Crippen LogP contribution in [-0.4, -0.2) is 19.3 Å². The van der Waals surface area contributed by atoms with Gasteiger partial charge in [-0.2, -0.15) is 0 Å².